The number of hydrogen-bond acceptors (Lipinski definition) is 4. The molecule has 0 fully saturated rings. The first-order valence-corrected chi connectivity index (χ1v) is 6.06. The van der Waals surface area contributed by atoms with Crippen molar-refractivity contribution < 1.29 is 8.91 Å². The molecule has 4 nitrogen and oxygen atoms in total. The molecule has 18 heavy (non-hydrogen) atoms. The predicted molar refractivity (Wildman–Crippen MR) is 66.1 cm³/mol. The zero-order valence-electron chi connectivity index (χ0n) is 10.3. The molecule has 2 aromatic rings. The molecule has 1 heterocycles. The van der Waals surface area contributed by atoms with Crippen LogP contribution in [0.25, 0.3) is 11.4 Å². The molecule has 0 spiro atoms. The average molecular weight is 249 g/mol. The molecule has 0 aliphatic carbocycles. The number of nitrogens with two attached hydrogens (primary N) is 1. The van der Waals surface area contributed by atoms with Crippen molar-refractivity contribution >= 4 is 0 Å². The van der Waals surface area contributed by atoms with Gasteiger partial charge in [-0.1, -0.05) is 37.1 Å². The van der Waals surface area contributed by atoms with Gasteiger partial charge in [0.1, 0.15) is 5.82 Å². The highest BCUT2D eigenvalue weighted by Gasteiger charge is 2.15. The molecule has 0 unspecified atom stereocenters. The maximum absolute atomic E-state index is 13.1. The minimum Gasteiger partial charge on any atom is -0.337 e. The zero-order valence-corrected chi connectivity index (χ0v) is 10.3. The lowest BCUT2D eigenvalue weighted by Crippen LogP contribution is -2.10. The Hall–Kier alpha value is -1.75. The van der Waals surface area contributed by atoms with Crippen molar-refractivity contribution in [2.45, 2.75) is 32.2 Å². The summed E-state index contributed by atoms with van der Waals surface area (Å²) in [7, 11) is 0. The SMILES string of the molecule is CCCC[C@H](N)c1nc(-c2cccc(F)c2)no1. The van der Waals surface area contributed by atoms with Crippen LogP contribution in [0, 0.1) is 5.82 Å². The predicted octanol–water partition coefficient (Wildman–Crippen LogP) is 3.07. The fourth-order valence-electron chi connectivity index (χ4n) is 1.68. The van der Waals surface area contributed by atoms with Crippen LogP contribution in [0.2, 0.25) is 0 Å². The summed E-state index contributed by atoms with van der Waals surface area (Å²) < 4.78 is 18.2. The summed E-state index contributed by atoms with van der Waals surface area (Å²) in [6.07, 6.45) is 2.89. The van der Waals surface area contributed by atoms with E-state index in [1.165, 1.54) is 12.1 Å². The second-order valence-electron chi connectivity index (χ2n) is 4.22. The summed E-state index contributed by atoms with van der Waals surface area (Å²) in [5.41, 5.74) is 6.52. The summed E-state index contributed by atoms with van der Waals surface area (Å²) in [5.74, 6) is 0.452. The lowest BCUT2D eigenvalue weighted by Gasteiger charge is -2.03. The Morgan fingerprint density at radius 2 is 2.28 bits per heavy atom. The number of rotatable bonds is 5. The quantitative estimate of drug-likeness (QED) is 0.884. The van der Waals surface area contributed by atoms with Crippen LogP contribution in [-0.2, 0) is 0 Å². The van der Waals surface area contributed by atoms with Gasteiger partial charge in [-0.3, -0.25) is 0 Å². The van der Waals surface area contributed by atoms with Crippen LogP contribution in [0.15, 0.2) is 28.8 Å². The fourth-order valence-corrected chi connectivity index (χ4v) is 1.68. The first kappa shape index (κ1) is 12.7. The van der Waals surface area contributed by atoms with Gasteiger partial charge in [0.15, 0.2) is 0 Å². The van der Waals surface area contributed by atoms with Gasteiger partial charge < -0.3 is 10.3 Å². The van der Waals surface area contributed by atoms with Gasteiger partial charge in [-0.2, -0.15) is 4.98 Å². The van der Waals surface area contributed by atoms with Crippen LogP contribution in [0.5, 0.6) is 0 Å². The van der Waals surface area contributed by atoms with Crippen molar-refractivity contribution in [3.63, 3.8) is 0 Å². The van der Waals surface area contributed by atoms with E-state index in [1.54, 1.807) is 12.1 Å². The maximum Gasteiger partial charge on any atom is 0.243 e. The Balaban J connectivity index is 2.15. The highest BCUT2D eigenvalue weighted by atomic mass is 19.1. The zero-order chi connectivity index (χ0) is 13.0. The minimum atomic E-state index is -0.325. The van der Waals surface area contributed by atoms with E-state index < -0.39 is 0 Å². The molecular formula is C13H16FN3O. The lowest BCUT2D eigenvalue weighted by molar-refractivity contribution is 0.346. The van der Waals surface area contributed by atoms with Gasteiger partial charge in [0.2, 0.25) is 11.7 Å². The molecular weight excluding hydrogens is 233 g/mol. The van der Waals surface area contributed by atoms with Crippen LogP contribution in [-0.4, -0.2) is 10.1 Å². The molecule has 0 aliphatic rings. The summed E-state index contributed by atoms with van der Waals surface area (Å²) in [4.78, 5) is 4.20. The Bertz CT molecular complexity index is 512. The Labute approximate surface area is 105 Å². The Morgan fingerprint density at radius 1 is 1.44 bits per heavy atom. The van der Waals surface area contributed by atoms with Crippen molar-refractivity contribution in [2.75, 3.05) is 0 Å². The van der Waals surface area contributed by atoms with E-state index >= 15 is 0 Å². The summed E-state index contributed by atoms with van der Waals surface area (Å²) >= 11 is 0. The number of nitrogens with zero attached hydrogens (tertiary/aromatic N) is 2. The normalized spacial score (nSPS) is 12.6. The minimum absolute atomic E-state index is 0.250. The third kappa shape index (κ3) is 2.92. The molecule has 0 saturated heterocycles. The fraction of sp³-hybridized carbons (Fsp3) is 0.385. The topological polar surface area (TPSA) is 64.9 Å². The monoisotopic (exact) mass is 249 g/mol. The molecule has 5 heteroatoms. The first-order valence-electron chi connectivity index (χ1n) is 6.06. The molecule has 2 N–H and O–H groups in total. The third-order valence-electron chi connectivity index (χ3n) is 2.71. The van der Waals surface area contributed by atoms with Crippen molar-refractivity contribution in [1.82, 2.24) is 10.1 Å². The molecule has 2 rings (SSSR count). The van der Waals surface area contributed by atoms with Crippen LogP contribution in [0.3, 0.4) is 0 Å². The van der Waals surface area contributed by atoms with Crippen molar-refractivity contribution in [3.05, 3.63) is 36.0 Å². The van der Waals surface area contributed by atoms with E-state index in [-0.39, 0.29) is 11.9 Å². The van der Waals surface area contributed by atoms with E-state index in [0.29, 0.717) is 17.3 Å². The van der Waals surface area contributed by atoms with Gasteiger partial charge in [0.05, 0.1) is 6.04 Å². The second-order valence-corrected chi connectivity index (χ2v) is 4.22. The van der Waals surface area contributed by atoms with Crippen LogP contribution in [0.1, 0.15) is 38.1 Å². The van der Waals surface area contributed by atoms with Crippen LogP contribution < -0.4 is 5.73 Å². The van der Waals surface area contributed by atoms with Gasteiger partial charge >= 0.3 is 0 Å². The van der Waals surface area contributed by atoms with E-state index in [0.717, 1.165) is 19.3 Å². The maximum atomic E-state index is 13.1. The smallest absolute Gasteiger partial charge is 0.243 e. The van der Waals surface area contributed by atoms with Gasteiger partial charge in [-0.15, -0.1) is 0 Å². The van der Waals surface area contributed by atoms with Gasteiger partial charge in [0, 0.05) is 5.56 Å². The van der Waals surface area contributed by atoms with Gasteiger partial charge in [-0.05, 0) is 18.6 Å². The number of benzene rings is 1. The van der Waals surface area contributed by atoms with Crippen LogP contribution in [0.4, 0.5) is 4.39 Å². The second kappa shape index (κ2) is 5.73. The van der Waals surface area contributed by atoms with Crippen molar-refractivity contribution in [2.24, 2.45) is 5.73 Å². The van der Waals surface area contributed by atoms with Crippen LogP contribution >= 0.6 is 0 Å². The number of unbranched alkanes of at least 4 members (excludes halogenated alkanes) is 1. The Kier molecular flexibility index (Phi) is 4.04. The molecule has 0 radical (unpaired) electrons. The molecule has 1 aromatic heterocycles. The van der Waals surface area contributed by atoms with E-state index in [4.69, 9.17) is 10.3 Å². The third-order valence-corrected chi connectivity index (χ3v) is 2.71. The lowest BCUT2D eigenvalue weighted by atomic mass is 10.1. The van der Waals surface area contributed by atoms with E-state index in [9.17, 15) is 4.39 Å². The molecule has 96 valence electrons. The Morgan fingerprint density at radius 3 is 3.00 bits per heavy atom. The molecule has 0 aliphatic heterocycles. The van der Waals surface area contributed by atoms with Gasteiger partial charge in [-0.25, -0.2) is 4.39 Å². The highest BCUT2D eigenvalue weighted by Crippen LogP contribution is 2.20. The van der Waals surface area contributed by atoms with Gasteiger partial charge in [0.25, 0.3) is 0 Å². The average Bonchev–Trinajstić information content (AvgIpc) is 2.85. The molecule has 1 atom stereocenters. The largest absolute Gasteiger partial charge is 0.337 e. The standard InChI is InChI=1S/C13H16FN3O/c1-2-3-7-11(15)13-16-12(17-18-13)9-5-4-6-10(14)8-9/h4-6,8,11H,2-3,7,15H2,1H3/t11-/m0/s1. The molecule has 0 saturated carbocycles. The number of hydrogen-bond donors (Lipinski definition) is 1. The summed E-state index contributed by atoms with van der Waals surface area (Å²) in [5, 5.41) is 3.82. The molecule has 1 aromatic carbocycles. The summed E-state index contributed by atoms with van der Waals surface area (Å²) in [6.45, 7) is 2.10. The van der Waals surface area contributed by atoms with E-state index in [2.05, 4.69) is 17.1 Å². The van der Waals surface area contributed by atoms with E-state index in [1.807, 2.05) is 0 Å². The highest BCUT2D eigenvalue weighted by molar-refractivity contribution is 5.53. The van der Waals surface area contributed by atoms with Crippen molar-refractivity contribution in [3.8, 4) is 11.4 Å². The summed E-state index contributed by atoms with van der Waals surface area (Å²) in [6, 6.07) is 5.83. The molecule has 0 amide bonds. The first-order chi connectivity index (χ1) is 8.70. The molecule has 0 bridgehead atoms. The number of halogens is 1. The number of aromatic nitrogens is 2. The van der Waals surface area contributed by atoms with Crippen molar-refractivity contribution in [1.29, 1.82) is 0 Å².